The fourth-order valence-corrected chi connectivity index (χ4v) is 3.01. The van der Waals surface area contributed by atoms with E-state index >= 15 is 0 Å². The Bertz CT molecular complexity index is 690. The molecule has 1 amide bonds. The molecule has 0 saturated heterocycles. The van der Waals surface area contributed by atoms with Gasteiger partial charge in [-0.05, 0) is 19.3 Å². The predicted molar refractivity (Wildman–Crippen MR) is 82.7 cm³/mol. The molecule has 0 fully saturated rings. The smallest absolute Gasteiger partial charge is 0.326 e. The van der Waals surface area contributed by atoms with Crippen molar-refractivity contribution in [3.05, 3.63) is 17.6 Å². The van der Waals surface area contributed by atoms with Crippen LogP contribution in [-0.4, -0.2) is 49.8 Å². The summed E-state index contributed by atoms with van der Waals surface area (Å²) in [5, 5.41) is 11.5. The summed E-state index contributed by atoms with van der Waals surface area (Å²) >= 11 is 0. The highest BCUT2D eigenvalue weighted by Gasteiger charge is 2.28. The highest BCUT2D eigenvalue weighted by atomic mass is 32.2. The van der Waals surface area contributed by atoms with Gasteiger partial charge < -0.3 is 14.8 Å². The van der Waals surface area contributed by atoms with Crippen LogP contribution in [0.2, 0.25) is 0 Å². The topological polar surface area (TPSA) is 117 Å². The molecule has 1 aromatic heterocycles. The summed E-state index contributed by atoms with van der Waals surface area (Å²) in [6.07, 6.45) is 0.254. The first-order chi connectivity index (χ1) is 10.5. The monoisotopic (exact) mass is 346 g/mol. The maximum atomic E-state index is 12.1. The molecule has 0 aliphatic rings. The van der Waals surface area contributed by atoms with E-state index in [-0.39, 0.29) is 28.8 Å². The highest BCUT2D eigenvalue weighted by molar-refractivity contribution is 7.89. The van der Waals surface area contributed by atoms with E-state index in [1.807, 2.05) is 13.8 Å². The normalized spacial score (nSPS) is 13.3. The van der Waals surface area contributed by atoms with Crippen molar-refractivity contribution in [3.63, 3.8) is 0 Å². The molecule has 0 saturated carbocycles. The van der Waals surface area contributed by atoms with Gasteiger partial charge in [0.25, 0.3) is 5.91 Å². The van der Waals surface area contributed by atoms with Crippen LogP contribution in [0.15, 0.2) is 15.4 Å². The summed E-state index contributed by atoms with van der Waals surface area (Å²) in [6.45, 7) is 5.09. The van der Waals surface area contributed by atoms with Gasteiger partial charge in [-0.2, -0.15) is 0 Å². The minimum Gasteiger partial charge on any atom is -0.480 e. The minimum absolute atomic E-state index is 0.0689. The molecule has 1 atom stereocenters. The molecule has 8 nitrogen and oxygen atoms in total. The molecule has 0 unspecified atom stereocenters. The molecule has 0 aliphatic carbocycles. The third-order valence-corrected chi connectivity index (χ3v) is 5.09. The number of carboxylic acids is 1. The van der Waals surface area contributed by atoms with E-state index in [1.165, 1.54) is 21.0 Å². The summed E-state index contributed by atoms with van der Waals surface area (Å²) < 4.78 is 30.4. The van der Waals surface area contributed by atoms with E-state index in [0.29, 0.717) is 0 Å². The number of hydrogen-bond acceptors (Lipinski definition) is 5. The molecule has 9 heteroatoms. The van der Waals surface area contributed by atoms with Gasteiger partial charge in [0.05, 0.1) is 0 Å². The number of aliphatic carboxylic acids is 1. The number of furan rings is 1. The van der Waals surface area contributed by atoms with Gasteiger partial charge in [0.1, 0.15) is 16.7 Å². The van der Waals surface area contributed by atoms with Crippen molar-refractivity contribution in [2.45, 2.75) is 38.1 Å². The lowest BCUT2D eigenvalue weighted by Crippen LogP contribution is -2.41. The SMILES string of the molecule is Cc1oc(C(=O)N[C@@H](CC(C)C)C(=O)O)cc1S(=O)(=O)N(C)C. The summed E-state index contributed by atoms with van der Waals surface area (Å²) in [4.78, 5) is 23.2. The van der Waals surface area contributed by atoms with Gasteiger partial charge in [0.15, 0.2) is 5.76 Å². The van der Waals surface area contributed by atoms with Crippen LogP contribution in [0.25, 0.3) is 0 Å². The molecule has 0 bridgehead atoms. The first kappa shape index (κ1) is 19.2. The van der Waals surface area contributed by atoms with Gasteiger partial charge in [-0.15, -0.1) is 0 Å². The largest absolute Gasteiger partial charge is 0.480 e. The van der Waals surface area contributed by atoms with E-state index < -0.39 is 27.9 Å². The molecular formula is C14H22N2O6S. The number of amides is 1. The molecule has 1 heterocycles. The Labute approximate surface area is 135 Å². The van der Waals surface area contributed by atoms with Gasteiger partial charge >= 0.3 is 5.97 Å². The highest BCUT2D eigenvalue weighted by Crippen LogP contribution is 2.22. The zero-order valence-corrected chi connectivity index (χ0v) is 14.6. The van der Waals surface area contributed by atoms with Crippen LogP contribution in [-0.2, 0) is 14.8 Å². The van der Waals surface area contributed by atoms with Crippen LogP contribution in [0.1, 0.15) is 36.6 Å². The Morgan fingerprint density at radius 2 is 1.91 bits per heavy atom. The lowest BCUT2D eigenvalue weighted by Gasteiger charge is -2.15. The van der Waals surface area contributed by atoms with Crippen molar-refractivity contribution in [3.8, 4) is 0 Å². The zero-order chi connectivity index (χ0) is 17.9. The van der Waals surface area contributed by atoms with Crippen molar-refractivity contribution in [1.29, 1.82) is 0 Å². The molecule has 0 aromatic carbocycles. The van der Waals surface area contributed by atoms with Crippen LogP contribution >= 0.6 is 0 Å². The number of carboxylic acid groups (broad SMARTS) is 1. The number of carbonyl (C=O) groups excluding carboxylic acids is 1. The zero-order valence-electron chi connectivity index (χ0n) is 13.8. The first-order valence-electron chi connectivity index (χ1n) is 7.03. The number of nitrogens with zero attached hydrogens (tertiary/aromatic N) is 1. The molecule has 1 rings (SSSR count). The quantitative estimate of drug-likeness (QED) is 0.762. The maximum Gasteiger partial charge on any atom is 0.326 e. The number of carbonyl (C=O) groups is 2. The van der Waals surface area contributed by atoms with Crippen molar-refractivity contribution in [1.82, 2.24) is 9.62 Å². The summed E-state index contributed by atoms with van der Waals surface area (Å²) in [5.74, 6) is -2.02. The molecule has 0 aliphatic heterocycles. The summed E-state index contributed by atoms with van der Waals surface area (Å²) in [5.41, 5.74) is 0. The predicted octanol–water partition coefficient (Wildman–Crippen LogP) is 1.07. The lowest BCUT2D eigenvalue weighted by molar-refractivity contribution is -0.139. The second-order valence-electron chi connectivity index (χ2n) is 5.81. The van der Waals surface area contributed by atoms with Gasteiger partial charge in [-0.3, -0.25) is 4.79 Å². The van der Waals surface area contributed by atoms with Crippen LogP contribution in [0.4, 0.5) is 0 Å². The summed E-state index contributed by atoms with van der Waals surface area (Å²) in [6, 6.07) is 0.0377. The fourth-order valence-electron chi connectivity index (χ4n) is 1.95. The van der Waals surface area contributed by atoms with E-state index in [0.717, 1.165) is 10.4 Å². The minimum atomic E-state index is -3.74. The Kier molecular flexibility index (Phi) is 5.95. The molecule has 0 radical (unpaired) electrons. The number of aryl methyl sites for hydroxylation is 1. The molecule has 130 valence electrons. The van der Waals surface area contributed by atoms with Crippen LogP contribution in [0, 0.1) is 12.8 Å². The van der Waals surface area contributed by atoms with E-state index in [4.69, 9.17) is 9.52 Å². The molecule has 1 aromatic rings. The fraction of sp³-hybridized carbons (Fsp3) is 0.571. The molecule has 23 heavy (non-hydrogen) atoms. The molecule has 2 N–H and O–H groups in total. The average Bonchev–Trinajstić information content (AvgIpc) is 2.79. The summed E-state index contributed by atoms with van der Waals surface area (Å²) in [7, 11) is -1.01. The Morgan fingerprint density at radius 3 is 2.35 bits per heavy atom. The third kappa shape index (κ3) is 4.55. The van der Waals surface area contributed by atoms with Crippen LogP contribution < -0.4 is 5.32 Å². The standard InChI is InChI=1S/C14H22N2O6S/c1-8(2)6-10(14(18)19)15-13(17)11-7-12(9(3)22-11)23(20,21)16(4)5/h7-8,10H,6H2,1-5H3,(H,15,17)(H,18,19)/t10-/m0/s1. The average molecular weight is 346 g/mol. The lowest BCUT2D eigenvalue weighted by atomic mass is 10.0. The van der Waals surface area contributed by atoms with Gasteiger partial charge in [0, 0.05) is 20.2 Å². The Morgan fingerprint density at radius 1 is 1.35 bits per heavy atom. The number of nitrogens with one attached hydrogen (secondary N) is 1. The van der Waals surface area contributed by atoms with Crippen molar-refractivity contribution in [2.24, 2.45) is 5.92 Å². The maximum absolute atomic E-state index is 12.1. The molecular weight excluding hydrogens is 324 g/mol. The van der Waals surface area contributed by atoms with Crippen molar-refractivity contribution >= 4 is 21.9 Å². The second kappa shape index (κ2) is 7.14. The third-order valence-electron chi connectivity index (χ3n) is 3.17. The van der Waals surface area contributed by atoms with Crippen LogP contribution in [0.5, 0.6) is 0 Å². The first-order valence-corrected chi connectivity index (χ1v) is 8.47. The second-order valence-corrected chi connectivity index (χ2v) is 7.93. The van der Waals surface area contributed by atoms with Gasteiger partial charge in [-0.1, -0.05) is 13.8 Å². The van der Waals surface area contributed by atoms with E-state index in [2.05, 4.69) is 5.32 Å². The van der Waals surface area contributed by atoms with Gasteiger partial charge in [-0.25, -0.2) is 17.5 Å². The van der Waals surface area contributed by atoms with E-state index in [1.54, 1.807) is 0 Å². The van der Waals surface area contributed by atoms with Crippen molar-refractivity contribution in [2.75, 3.05) is 14.1 Å². The Hall–Kier alpha value is -1.87. The van der Waals surface area contributed by atoms with Crippen LogP contribution in [0.3, 0.4) is 0 Å². The number of rotatable bonds is 7. The number of hydrogen-bond donors (Lipinski definition) is 2. The molecule has 0 spiro atoms. The van der Waals surface area contributed by atoms with E-state index in [9.17, 15) is 18.0 Å². The van der Waals surface area contributed by atoms with Gasteiger partial charge in [0.2, 0.25) is 10.0 Å². The Balaban J connectivity index is 3.04. The number of sulfonamides is 1. The van der Waals surface area contributed by atoms with Crippen molar-refractivity contribution < 1.29 is 27.5 Å².